The van der Waals surface area contributed by atoms with Crippen LogP contribution in [-0.4, -0.2) is 17.0 Å². The van der Waals surface area contributed by atoms with Crippen LogP contribution in [0.1, 0.15) is 5.56 Å². The molecule has 1 aromatic rings. The topological polar surface area (TPSA) is 66.4 Å². The monoisotopic (exact) mass is 239 g/mol. The summed E-state index contributed by atoms with van der Waals surface area (Å²) in [5.41, 5.74) is 1.43. The Labute approximate surface area is 97.5 Å². The highest BCUT2D eigenvalue weighted by Crippen LogP contribution is 2.22. The molecule has 0 unspecified atom stereocenters. The van der Waals surface area contributed by atoms with Crippen LogP contribution in [0.25, 0.3) is 0 Å². The molecule has 0 fully saturated rings. The van der Waals surface area contributed by atoms with Crippen molar-refractivity contribution < 1.29 is 14.7 Å². The summed E-state index contributed by atoms with van der Waals surface area (Å²) in [5.74, 6) is -1.71. The lowest BCUT2D eigenvalue weighted by atomic mass is 10.2. The van der Waals surface area contributed by atoms with E-state index >= 15 is 0 Å². The summed E-state index contributed by atoms with van der Waals surface area (Å²) < 4.78 is 0. The fourth-order valence-corrected chi connectivity index (χ4v) is 1.33. The van der Waals surface area contributed by atoms with Gasteiger partial charge in [-0.25, -0.2) is 4.79 Å². The molecule has 0 atom stereocenters. The summed E-state index contributed by atoms with van der Waals surface area (Å²) in [7, 11) is 0. The normalized spacial score (nSPS) is 10.4. The molecule has 0 aliphatic rings. The summed E-state index contributed by atoms with van der Waals surface area (Å²) in [6.45, 7) is 1.88. The quantitative estimate of drug-likeness (QED) is 0.795. The summed E-state index contributed by atoms with van der Waals surface area (Å²) in [6, 6.07) is 5.16. The third-order valence-electron chi connectivity index (χ3n) is 1.76. The van der Waals surface area contributed by atoms with Gasteiger partial charge < -0.3 is 10.4 Å². The molecule has 1 amide bonds. The number of carbonyl (C=O) groups is 2. The molecule has 2 N–H and O–H groups in total. The van der Waals surface area contributed by atoms with Crippen LogP contribution in [0.3, 0.4) is 0 Å². The molecule has 0 bridgehead atoms. The molecule has 16 heavy (non-hydrogen) atoms. The summed E-state index contributed by atoms with van der Waals surface area (Å²) in [6.07, 6.45) is 1.69. The van der Waals surface area contributed by atoms with E-state index in [2.05, 4.69) is 5.32 Å². The van der Waals surface area contributed by atoms with Crippen LogP contribution >= 0.6 is 11.6 Å². The van der Waals surface area contributed by atoms with Crippen LogP contribution in [0.2, 0.25) is 5.02 Å². The van der Waals surface area contributed by atoms with Crippen molar-refractivity contribution >= 4 is 29.2 Å². The molecule has 0 aromatic heterocycles. The number of anilines is 1. The Morgan fingerprint density at radius 1 is 1.38 bits per heavy atom. The third kappa shape index (κ3) is 3.74. The number of aliphatic carboxylic acids is 1. The summed E-state index contributed by atoms with van der Waals surface area (Å²) >= 11 is 5.88. The number of halogens is 1. The molecule has 0 aliphatic heterocycles. The molecule has 0 aliphatic carbocycles. The van der Waals surface area contributed by atoms with Crippen molar-refractivity contribution in [1.29, 1.82) is 0 Å². The lowest BCUT2D eigenvalue weighted by Crippen LogP contribution is -2.09. The maximum absolute atomic E-state index is 11.2. The average molecular weight is 240 g/mol. The Morgan fingerprint density at radius 3 is 2.62 bits per heavy atom. The van der Waals surface area contributed by atoms with E-state index in [4.69, 9.17) is 16.7 Å². The van der Waals surface area contributed by atoms with Crippen molar-refractivity contribution in [3.63, 3.8) is 0 Å². The second-order valence-electron chi connectivity index (χ2n) is 3.14. The van der Waals surface area contributed by atoms with Crippen molar-refractivity contribution in [1.82, 2.24) is 0 Å². The summed E-state index contributed by atoms with van der Waals surface area (Å²) in [5, 5.41) is 11.2. The highest BCUT2D eigenvalue weighted by molar-refractivity contribution is 6.33. The van der Waals surface area contributed by atoms with Crippen molar-refractivity contribution in [2.24, 2.45) is 0 Å². The fourth-order valence-electron chi connectivity index (χ4n) is 1.04. The van der Waals surface area contributed by atoms with Crippen molar-refractivity contribution in [3.8, 4) is 0 Å². The highest BCUT2D eigenvalue weighted by Gasteiger charge is 2.03. The second kappa shape index (κ2) is 5.32. The Hall–Kier alpha value is -1.81. The number of hydrogen-bond acceptors (Lipinski definition) is 2. The van der Waals surface area contributed by atoms with Crippen LogP contribution < -0.4 is 5.32 Å². The third-order valence-corrected chi connectivity index (χ3v) is 2.07. The Kier molecular flexibility index (Phi) is 4.08. The molecule has 0 saturated carbocycles. The SMILES string of the molecule is Cc1ccc(NC(=O)/C=C/C(=O)O)c(Cl)c1. The van der Waals surface area contributed by atoms with Crippen LogP contribution in [0.15, 0.2) is 30.4 Å². The van der Waals surface area contributed by atoms with Gasteiger partial charge in [-0.2, -0.15) is 0 Å². The first-order chi connectivity index (χ1) is 7.49. The molecule has 0 spiro atoms. The Morgan fingerprint density at radius 2 is 2.06 bits per heavy atom. The molecule has 4 nitrogen and oxygen atoms in total. The minimum absolute atomic E-state index is 0.414. The molecule has 0 saturated heterocycles. The van der Waals surface area contributed by atoms with Crippen LogP contribution in [0, 0.1) is 6.92 Å². The van der Waals surface area contributed by atoms with Gasteiger partial charge in [-0.15, -0.1) is 0 Å². The van der Waals surface area contributed by atoms with Crippen molar-refractivity contribution in [2.45, 2.75) is 6.92 Å². The van der Waals surface area contributed by atoms with E-state index in [0.717, 1.165) is 17.7 Å². The van der Waals surface area contributed by atoms with Gasteiger partial charge in [0.15, 0.2) is 0 Å². The van der Waals surface area contributed by atoms with Gasteiger partial charge in [0, 0.05) is 12.2 Å². The molecular formula is C11H10ClNO3. The number of amides is 1. The lowest BCUT2D eigenvalue weighted by Gasteiger charge is -2.05. The van der Waals surface area contributed by atoms with E-state index in [9.17, 15) is 9.59 Å². The average Bonchev–Trinajstić information content (AvgIpc) is 2.19. The first kappa shape index (κ1) is 12.3. The van der Waals surface area contributed by atoms with E-state index in [-0.39, 0.29) is 0 Å². The van der Waals surface area contributed by atoms with E-state index < -0.39 is 11.9 Å². The standard InChI is InChI=1S/C11H10ClNO3/c1-7-2-3-9(8(12)6-7)13-10(14)4-5-11(15)16/h2-6H,1H3,(H,13,14)(H,15,16)/b5-4+. The maximum atomic E-state index is 11.2. The number of carboxylic acid groups (broad SMARTS) is 1. The van der Waals surface area contributed by atoms with Crippen LogP contribution in [0.4, 0.5) is 5.69 Å². The lowest BCUT2D eigenvalue weighted by molar-refractivity contribution is -0.131. The Balaban J connectivity index is 2.73. The van der Waals surface area contributed by atoms with Gasteiger partial charge >= 0.3 is 5.97 Å². The number of aryl methyl sites for hydroxylation is 1. The number of hydrogen-bond donors (Lipinski definition) is 2. The van der Waals surface area contributed by atoms with Gasteiger partial charge in [-0.05, 0) is 24.6 Å². The van der Waals surface area contributed by atoms with Gasteiger partial charge in [0.2, 0.25) is 5.91 Å². The van der Waals surface area contributed by atoms with Gasteiger partial charge in [0.05, 0.1) is 10.7 Å². The predicted octanol–water partition coefficient (Wildman–Crippen LogP) is 2.23. The van der Waals surface area contributed by atoms with Gasteiger partial charge in [0.1, 0.15) is 0 Å². The number of rotatable bonds is 3. The number of carbonyl (C=O) groups excluding carboxylic acids is 1. The maximum Gasteiger partial charge on any atom is 0.328 e. The highest BCUT2D eigenvalue weighted by atomic mass is 35.5. The molecule has 0 radical (unpaired) electrons. The largest absolute Gasteiger partial charge is 0.478 e. The van der Waals surface area contributed by atoms with E-state index in [1.165, 1.54) is 0 Å². The molecular weight excluding hydrogens is 230 g/mol. The minimum atomic E-state index is -1.18. The van der Waals surface area contributed by atoms with E-state index in [0.29, 0.717) is 10.7 Å². The van der Waals surface area contributed by atoms with Crippen LogP contribution in [-0.2, 0) is 9.59 Å². The summed E-state index contributed by atoms with van der Waals surface area (Å²) in [4.78, 5) is 21.4. The van der Waals surface area contributed by atoms with Gasteiger partial charge in [-0.1, -0.05) is 17.7 Å². The molecule has 0 heterocycles. The zero-order valence-electron chi connectivity index (χ0n) is 8.53. The van der Waals surface area contributed by atoms with Crippen LogP contribution in [0.5, 0.6) is 0 Å². The molecule has 1 aromatic carbocycles. The minimum Gasteiger partial charge on any atom is -0.478 e. The Bertz CT molecular complexity index is 455. The number of benzene rings is 1. The van der Waals surface area contributed by atoms with E-state index in [1.54, 1.807) is 18.2 Å². The van der Waals surface area contributed by atoms with Gasteiger partial charge in [0.25, 0.3) is 0 Å². The number of nitrogens with one attached hydrogen (secondary N) is 1. The first-order valence-corrected chi connectivity index (χ1v) is 4.85. The van der Waals surface area contributed by atoms with Crippen molar-refractivity contribution in [2.75, 3.05) is 5.32 Å². The smallest absolute Gasteiger partial charge is 0.328 e. The fraction of sp³-hybridized carbons (Fsp3) is 0.0909. The first-order valence-electron chi connectivity index (χ1n) is 4.47. The zero-order chi connectivity index (χ0) is 12.1. The molecule has 84 valence electrons. The number of carboxylic acids is 1. The second-order valence-corrected chi connectivity index (χ2v) is 3.55. The van der Waals surface area contributed by atoms with E-state index in [1.807, 2.05) is 6.92 Å². The molecule has 5 heteroatoms. The molecule has 1 rings (SSSR count). The zero-order valence-corrected chi connectivity index (χ0v) is 9.28. The van der Waals surface area contributed by atoms with Gasteiger partial charge in [-0.3, -0.25) is 4.79 Å². The predicted molar refractivity (Wildman–Crippen MR) is 61.6 cm³/mol. The van der Waals surface area contributed by atoms with Crippen molar-refractivity contribution in [3.05, 3.63) is 40.9 Å².